The second-order valence-electron chi connectivity index (χ2n) is 8.19. The monoisotopic (exact) mass is 473 g/mol. The highest BCUT2D eigenvalue weighted by Gasteiger charge is 2.42. The van der Waals surface area contributed by atoms with Crippen LogP contribution in [0.15, 0.2) is 91.3 Å². The maximum absolute atomic E-state index is 6.17. The van der Waals surface area contributed by atoms with E-state index in [9.17, 15) is 0 Å². The molecule has 0 amide bonds. The molecule has 0 saturated carbocycles. The lowest BCUT2D eigenvalue weighted by molar-refractivity contribution is 0.549. The molecule has 0 aliphatic carbocycles. The van der Waals surface area contributed by atoms with E-state index in [1.54, 1.807) is 0 Å². The summed E-state index contributed by atoms with van der Waals surface area (Å²) in [5, 5.41) is 4.87. The van der Waals surface area contributed by atoms with Crippen molar-refractivity contribution in [2.75, 3.05) is 23.9 Å². The Balaban J connectivity index is 1.63. The summed E-state index contributed by atoms with van der Waals surface area (Å²) < 4.78 is 2.22. The lowest BCUT2D eigenvalue weighted by Crippen LogP contribution is -2.30. The largest absolute Gasteiger partial charge is 0.378 e. The van der Waals surface area contributed by atoms with E-state index < -0.39 is 0 Å². The molecule has 166 valence electrons. The van der Waals surface area contributed by atoms with E-state index in [0.717, 1.165) is 28.5 Å². The first-order valence-corrected chi connectivity index (χ1v) is 11.5. The van der Waals surface area contributed by atoms with Crippen LogP contribution in [0.4, 0.5) is 11.4 Å². The molecule has 0 unspecified atom stereocenters. The summed E-state index contributed by atoms with van der Waals surface area (Å²) in [5.74, 6) is 0. The van der Waals surface area contributed by atoms with E-state index in [2.05, 4.69) is 67.3 Å². The topological polar surface area (TPSA) is 36.3 Å². The van der Waals surface area contributed by atoms with Gasteiger partial charge in [0.05, 0.1) is 11.7 Å². The normalized spacial score (nSPS) is 17.8. The van der Waals surface area contributed by atoms with Crippen molar-refractivity contribution in [3.63, 3.8) is 0 Å². The highest BCUT2D eigenvalue weighted by atomic mass is 35.5. The smallest absolute Gasteiger partial charge is 0.174 e. The first-order valence-electron chi connectivity index (χ1n) is 10.7. The van der Waals surface area contributed by atoms with Crippen LogP contribution in [-0.4, -0.2) is 28.8 Å². The highest BCUT2D eigenvalue weighted by Crippen LogP contribution is 2.42. The third-order valence-corrected chi connectivity index (χ3v) is 6.50. The van der Waals surface area contributed by atoms with Crippen LogP contribution >= 0.6 is 23.8 Å². The van der Waals surface area contributed by atoms with Gasteiger partial charge < -0.3 is 19.7 Å². The molecule has 0 spiro atoms. The van der Waals surface area contributed by atoms with Gasteiger partial charge in [0.25, 0.3) is 0 Å². The Labute approximate surface area is 204 Å². The van der Waals surface area contributed by atoms with Crippen LogP contribution in [0.3, 0.4) is 0 Å². The van der Waals surface area contributed by atoms with Gasteiger partial charge in [-0.1, -0.05) is 17.7 Å². The lowest BCUT2D eigenvalue weighted by atomic mass is 10.0. The zero-order chi connectivity index (χ0) is 22.9. The minimum atomic E-state index is -0.107. The molecule has 3 heterocycles. The molecule has 1 fully saturated rings. The first-order chi connectivity index (χ1) is 16.0. The predicted octanol–water partition coefficient (Wildman–Crippen LogP) is 5.77. The molecule has 1 N–H and O–H groups in total. The maximum atomic E-state index is 6.17. The van der Waals surface area contributed by atoms with E-state index in [4.69, 9.17) is 23.8 Å². The van der Waals surface area contributed by atoms with Gasteiger partial charge in [0.15, 0.2) is 5.11 Å². The van der Waals surface area contributed by atoms with Crippen LogP contribution in [0.2, 0.25) is 5.02 Å². The number of thiocarbonyl (C=S) groups is 1. The van der Waals surface area contributed by atoms with E-state index in [-0.39, 0.29) is 12.1 Å². The predicted molar refractivity (Wildman–Crippen MR) is 139 cm³/mol. The zero-order valence-corrected chi connectivity index (χ0v) is 20.0. The zero-order valence-electron chi connectivity index (χ0n) is 18.4. The van der Waals surface area contributed by atoms with Crippen LogP contribution in [0.1, 0.15) is 23.5 Å². The minimum Gasteiger partial charge on any atom is -0.378 e. The molecule has 0 bridgehead atoms. The van der Waals surface area contributed by atoms with Crippen LogP contribution in [0.25, 0.3) is 5.69 Å². The first kappa shape index (κ1) is 21.5. The van der Waals surface area contributed by atoms with Gasteiger partial charge in [0.2, 0.25) is 0 Å². The van der Waals surface area contributed by atoms with Gasteiger partial charge in [0.1, 0.15) is 6.04 Å². The molecular weight excluding hydrogens is 450 g/mol. The summed E-state index contributed by atoms with van der Waals surface area (Å²) in [6.45, 7) is 0. The molecule has 33 heavy (non-hydrogen) atoms. The Morgan fingerprint density at radius 3 is 2.30 bits per heavy atom. The average molecular weight is 474 g/mol. The number of nitrogens with zero attached hydrogens (tertiary/aromatic N) is 4. The fourth-order valence-electron chi connectivity index (χ4n) is 4.32. The maximum Gasteiger partial charge on any atom is 0.174 e. The Hall–Kier alpha value is -3.35. The fraction of sp³-hybridized carbons (Fsp3) is 0.154. The standard InChI is InChI=1S/C26H24ClN5S/c1-30(2)19-12-14-20(15-13-19)31-17-5-7-23(31)25-24(22-6-3-4-16-28-22)29-26(33)32(25)21-10-8-18(27)9-11-21/h3-17,24-25H,1-2H3,(H,29,33)/t24-,25+/m0/s1. The number of rotatable bonds is 5. The van der Waals surface area contributed by atoms with Gasteiger partial charge in [-0.2, -0.15) is 0 Å². The molecule has 1 aliphatic heterocycles. The van der Waals surface area contributed by atoms with E-state index in [0.29, 0.717) is 10.1 Å². The van der Waals surface area contributed by atoms with E-state index in [1.165, 1.54) is 0 Å². The molecular formula is C26H24ClN5S. The molecule has 2 aromatic carbocycles. The number of pyridine rings is 1. The number of halogens is 1. The average Bonchev–Trinajstić information content (AvgIpc) is 3.44. The molecule has 2 atom stereocenters. The molecule has 4 aromatic rings. The number of nitrogens with one attached hydrogen (secondary N) is 1. The van der Waals surface area contributed by atoms with Crippen LogP contribution < -0.4 is 15.1 Å². The van der Waals surface area contributed by atoms with Gasteiger partial charge in [-0.05, 0) is 85.0 Å². The summed E-state index contributed by atoms with van der Waals surface area (Å²) in [7, 11) is 4.09. The van der Waals surface area contributed by atoms with Crippen molar-refractivity contribution in [2.45, 2.75) is 12.1 Å². The van der Waals surface area contributed by atoms with Gasteiger partial charge in [-0.15, -0.1) is 0 Å². The summed E-state index contributed by atoms with van der Waals surface area (Å²) in [4.78, 5) is 8.90. The molecule has 1 aliphatic rings. The minimum absolute atomic E-state index is 0.0999. The third-order valence-electron chi connectivity index (χ3n) is 5.93. The van der Waals surface area contributed by atoms with Crippen molar-refractivity contribution in [2.24, 2.45) is 0 Å². The van der Waals surface area contributed by atoms with Crippen molar-refractivity contribution in [3.8, 4) is 5.69 Å². The van der Waals surface area contributed by atoms with E-state index in [1.807, 2.05) is 62.8 Å². The van der Waals surface area contributed by atoms with Crippen molar-refractivity contribution >= 4 is 40.3 Å². The molecule has 5 rings (SSSR count). The Morgan fingerprint density at radius 1 is 0.909 bits per heavy atom. The summed E-state index contributed by atoms with van der Waals surface area (Å²) in [6, 6.07) is 26.3. The van der Waals surface area contributed by atoms with Crippen molar-refractivity contribution in [1.29, 1.82) is 0 Å². The second-order valence-corrected chi connectivity index (χ2v) is 9.01. The van der Waals surface area contributed by atoms with Crippen molar-refractivity contribution in [3.05, 3.63) is 108 Å². The molecule has 7 heteroatoms. The van der Waals surface area contributed by atoms with Crippen molar-refractivity contribution in [1.82, 2.24) is 14.9 Å². The SMILES string of the molecule is CN(C)c1ccc(-n2cccc2[C@@H]2[C@H](c3ccccn3)NC(=S)N2c2ccc(Cl)cc2)cc1. The van der Waals surface area contributed by atoms with Gasteiger partial charge >= 0.3 is 0 Å². The van der Waals surface area contributed by atoms with Crippen LogP contribution in [0, 0.1) is 0 Å². The fourth-order valence-corrected chi connectivity index (χ4v) is 4.79. The third kappa shape index (κ3) is 4.08. The Morgan fingerprint density at radius 2 is 1.64 bits per heavy atom. The molecule has 5 nitrogen and oxygen atoms in total. The number of anilines is 2. The molecule has 0 radical (unpaired) electrons. The summed E-state index contributed by atoms with van der Waals surface area (Å²) >= 11 is 12.0. The van der Waals surface area contributed by atoms with Crippen LogP contribution in [0.5, 0.6) is 0 Å². The van der Waals surface area contributed by atoms with E-state index >= 15 is 0 Å². The van der Waals surface area contributed by atoms with Gasteiger partial charge in [-0.3, -0.25) is 4.98 Å². The van der Waals surface area contributed by atoms with Gasteiger partial charge in [-0.25, -0.2) is 0 Å². The number of benzene rings is 2. The lowest BCUT2D eigenvalue weighted by Gasteiger charge is -2.29. The molecule has 2 aromatic heterocycles. The number of aromatic nitrogens is 2. The Bertz CT molecular complexity index is 1250. The summed E-state index contributed by atoms with van der Waals surface area (Å²) in [5.41, 5.74) is 5.29. The second kappa shape index (κ2) is 8.89. The summed E-state index contributed by atoms with van der Waals surface area (Å²) in [6.07, 6.45) is 3.91. The van der Waals surface area contributed by atoms with Gasteiger partial charge in [0, 0.05) is 54.3 Å². The number of hydrogen-bond donors (Lipinski definition) is 1. The van der Waals surface area contributed by atoms with Crippen LogP contribution in [-0.2, 0) is 0 Å². The quantitative estimate of drug-likeness (QED) is 0.372. The molecule has 1 saturated heterocycles. The Kier molecular flexibility index (Phi) is 5.79. The highest BCUT2D eigenvalue weighted by molar-refractivity contribution is 7.80. The van der Waals surface area contributed by atoms with Crippen molar-refractivity contribution < 1.29 is 0 Å². The number of hydrogen-bond acceptors (Lipinski definition) is 3.